The van der Waals surface area contributed by atoms with Crippen molar-refractivity contribution in [2.45, 2.75) is 25.9 Å². The van der Waals surface area contributed by atoms with Gasteiger partial charge >= 0.3 is 5.97 Å². The molecule has 144 valence electrons. The lowest BCUT2D eigenvalue weighted by molar-refractivity contribution is -0.154. The quantitative estimate of drug-likeness (QED) is 0.593. The zero-order valence-corrected chi connectivity index (χ0v) is 16.3. The number of nitrogens with zero attached hydrogens (tertiary/aromatic N) is 2. The summed E-state index contributed by atoms with van der Waals surface area (Å²) in [5, 5.41) is 5.40. The molecule has 0 saturated heterocycles. The summed E-state index contributed by atoms with van der Waals surface area (Å²) >= 11 is 1.44. The van der Waals surface area contributed by atoms with Crippen LogP contribution in [0.5, 0.6) is 0 Å². The van der Waals surface area contributed by atoms with Crippen molar-refractivity contribution in [3.05, 3.63) is 71.5 Å². The molecule has 0 saturated carbocycles. The van der Waals surface area contributed by atoms with Gasteiger partial charge in [-0.25, -0.2) is 4.98 Å². The van der Waals surface area contributed by atoms with Gasteiger partial charge < -0.3 is 10.1 Å². The second-order valence-electron chi connectivity index (χ2n) is 6.22. The van der Waals surface area contributed by atoms with E-state index in [-0.39, 0.29) is 12.3 Å². The molecule has 1 N–H and O–H groups in total. The van der Waals surface area contributed by atoms with Crippen LogP contribution in [0, 0.1) is 0 Å². The van der Waals surface area contributed by atoms with Gasteiger partial charge in [-0.2, -0.15) is 0 Å². The lowest BCUT2D eigenvalue weighted by Crippen LogP contribution is -2.37. The second-order valence-corrected chi connectivity index (χ2v) is 7.08. The molecule has 3 rings (SSSR count). The van der Waals surface area contributed by atoms with Crippen molar-refractivity contribution < 1.29 is 14.3 Å². The van der Waals surface area contributed by atoms with Crippen LogP contribution < -0.4 is 5.32 Å². The Labute approximate surface area is 167 Å². The number of nitrogens with one attached hydrogen (secondary N) is 1. The minimum absolute atomic E-state index is 0.0262. The Bertz CT molecular complexity index is 913. The summed E-state index contributed by atoms with van der Waals surface area (Å²) in [6.45, 7) is 2.06. The third-order valence-electron chi connectivity index (χ3n) is 4.02. The van der Waals surface area contributed by atoms with Crippen molar-refractivity contribution >= 4 is 23.2 Å². The van der Waals surface area contributed by atoms with Gasteiger partial charge in [-0.15, -0.1) is 11.3 Å². The molecule has 2 heterocycles. The topological polar surface area (TPSA) is 81.2 Å². The highest BCUT2D eigenvalue weighted by Crippen LogP contribution is 2.22. The van der Waals surface area contributed by atoms with Gasteiger partial charge in [-0.05, 0) is 31.0 Å². The van der Waals surface area contributed by atoms with Crippen molar-refractivity contribution in [2.75, 3.05) is 6.54 Å². The zero-order chi connectivity index (χ0) is 19.8. The molecule has 0 unspecified atom stereocenters. The number of hydrogen-bond acceptors (Lipinski definition) is 6. The van der Waals surface area contributed by atoms with E-state index in [0.717, 1.165) is 22.6 Å². The number of amides is 1. The predicted molar refractivity (Wildman–Crippen MR) is 108 cm³/mol. The van der Waals surface area contributed by atoms with E-state index < -0.39 is 12.1 Å². The number of hydrogen-bond donors (Lipinski definition) is 1. The van der Waals surface area contributed by atoms with Gasteiger partial charge in [-0.3, -0.25) is 14.6 Å². The molecule has 7 heteroatoms. The van der Waals surface area contributed by atoms with E-state index in [1.165, 1.54) is 11.3 Å². The Morgan fingerprint density at radius 1 is 1.18 bits per heavy atom. The first kappa shape index (κ1) is 19.7. The third kappa shape index (κ3) is 5.72. The largest absolute Gasteiger partial charge is 0.452 e. The van der Waals surface area contributed by atoms with Crippen LogP contribution in [0.25, 0.3) is 10.6 Å². The van der Waals surface area contributed by atoms with Crippen LogP contribution in [-0.4, -0.2) is 34.5 Å². The highest BCUT2D eigenvalue weighted by molar-refractivity contribution is 7.13. The summed E-state index contributed by atoms with van der Waals surface area (Å²) in [5.41, 5.74) is 2.66. The Morgan fingerprint density at radius 2 is 2.00 bits per heavy atom. The smallest absolute Gasteiger partial charge is 0.312 e. The van der Waals surface area contributed by atoms with Gasteiger partial charge in [0, 0.05) is 29.9 Å². The molecule has 1 aromatic carbocycles. The molecule has 0 aliphatic rings. The van der Waals surface area contributed by atoms with E-state index in [2.05, 4.69) is 15.3 Å². The highest BCUT2D eigenvalue weighted by Gasteiger charge is 2.18. The maximum absolute atomic E-state index is 12.1. The summed E-state index contributed by atoms with van der Waals surface area (Å²) in [6, 6.07) is 13.6. The number of aromatic nitrogens is 2. The van der Waals surface area contributed by atoms with Gasteiger partial charge in [0.25, 0.3) is 5.91 Å². The van der Waals surface area contributed by atoms with Crippen LogP contribution in [-0.2, 0) is 27.2 Å². The maximum Gasteiger partial charge on any atom is 0.312 e. The monoisotopic (exact) mass is 395 g/mol. The fraction of sp³-hybridized carbons (Fsp3) is 0.238. The molecular weight excluding hydrogens is 374 g/mol. The molecule has 0 radical (unpaired) electrons. The highest BCUT2D eigenvalue weighted by atomic mass is 32.1. The number of carbonyl (C=O) groups is 2. The minimum atomic E-state index is -0.847. The van der Waals surface area contributed by atoms with Crippen LogP contribution in [0.3, 0.4) is 0 Å². The van der Waals surface area contributed by atoms with Crippen LogP contribution >= 0.6 is 11.3 Å². The van der Waals surface area contributed by atoms with E-state index >= 15 is 0 Å². The lowest BCUT2D eigenvalue weighted by atomic mass is 10.1. The third-order valence-corrected chi connectivity index (χ3v) is 4.96. The number of ether oxygens (including phenoxy) is 1. The molecule has 0 spiro atoms. The number of esters is 1. The SMILES string of the molecule is C[C@H](OC(=O)Cc1csc(-c2cccnc2)n1)C(=O)NCCc1ccccc1. The Morgan fingerprint density at radius 3 is 2.75 bits per heavy atom. The Hall–Kier alpha value is -3.06. The zero-order valence-electron chi connectivity index (χ0n) is 15.5. The number of benzene rings is 1. The average Bonchev–Trinajstić information content (AvgIpc) is 3.17. The van der Waals surface area contributed by atoms with Crippen LogP contribution in [0.15, 0.2) is 60.2 Å². The lowest BCUT2D eigenvalue weighted by Gasteiger charge is -2.13. The summed E-state index contributed by atoms with van der Waals surface area (Å²) in [6.07, 6.45) is 3.33. The Balaban J connectivity index is 1.44. The standard InChI is InChI=1S/C21H21N3O3S/c1-15(20(26)23-11-9-16-6-3-2-4-7-16)27-19(25)12-18-14-28-21(24-18)17-8-5-10-22-13-17/h2-8,10,13-15H,9,11-12H2,1H3,(H,23,26)/t15-/m0/s1. The fourth-order valence-electron chi connectivity index (χ4n) is 2.57. The van der Waals surface area contributed by atoms with Gasteiger partial charge in [0.15, 0.2) is 6.10 Å². The summed E-state index contributed by atoms with van der Waals surface area (Å²) in [4.78, 5) is 32.7. The average molecular weight is 395 g/mol. The fourth-order valence-corrected chi connectivity index (χ4v) is 3.38. The number of carbonyl (C=O) groups excluding carboxylic acids is 2. The number of pyridine rings is 1. The van der Waals surface area contributed by atoms with E-state index in [1.54, 1.807) is 19.3 Å². The predicted octanol–water partition coefficient (Wildman–Crippen LogP) is 3.04. The Kier molecular flexibility index (Phi) is 6.86. The van der Waals surface area contributed by atoms with Gasteiger partial charge in [0.2, 0.25) is 0 Å². The molecule has 1 amide bonds. The van der Waals surface area contributed by atoms with E-state index in [9.17, 15) is 9.59 Å². The molecule has 0 bridgehead atoms. The normalized spacial score (nSPS) is 11.6. The van der Waals surface area contributed by atoms with Crippen molar-refractivity contribution in [2.24, 2.45) is 0 Å². The molecular formula is C21H21N3O3S. The van der Waals surface area contributed by atoms with Crippen molar-refractivity contribution in [1.82, 2.24) is 15.3 Å². The van der Waals surface area contributed by atoms with Crippen molar-refractivity contribution in [1.29, 1.82) is 0 Å². The van der Waals surface area contributed by atoms with E-state index in [4.69, 9.17) is 4.74 Å². The van der Waals surface area contributed by atoms with Gasteiger partial charge in [-0.1, -0.05) is 30.3 Å². The molecule has 28 heavy (non-hydrogen) atoms. The van der Waals surface area contributed by atoms with Crippen molar-refractivity contribution in [3.63, 3.8) is 0 Å². The molecule has 0 aliphatic heterocycles. The van der Waals surface area contributed by atoms with E-state index in [0.29, 0.717) is 12.2 Å². The summed E-state index contributed by atoms with van der Waals surface area (Å²) < 4.78 is 5.24. The van der Waals surface area contributed by atoms with Crippen molar-refractivity contribution in [3.8, 4) is 10.6 Å². The van der Waals surface area contributed by atoms with Gasteiger partial charge in [0.05, 0.1) is 12.1 Å². The number of thiazole rings is 1. The summed E-state index contributed by atoms with van der Waals surface area (Å²) in [7, 11) is 0. The minimum Gasteiger partial charge on any atom is -0.452 e. The molecule has 0 aliphatic carbocycles. The van der Waals surface area contributed by atoms with Gasteiger partial charge in [0.1, 0.15) is 5.01 Å². The van der Waals surface area contributed by atoms with Crippen LogP contribution in [0.2, 0.25) is 0 Å². The van der Waals surface area contributed by atoms with E-state index in [1.807, 2.05) is 47.8 Å². The second kappa shape index (κ2) is 9.75. The maximum atomic E-state index is 12.1. The molecule has 3 aromatic rings. The van der Waals surface area contributed by atoms with Crippen LogP contribution in [0.4, 0.5) is 0 Å². The first-order valence-corrected chi connectivity index (χ1v) is 9.85. The number of rotatable bonds is 8. The first-order valence-electron chi connectivity index (χ1n) is 8.98. The molecule has 0 fully saturated rings. The van der Waals surface area contributed by atoms with Crippen LogP contribution in [0.1, 0.15) is 18.2 Å². The first-order chi connectivity index (χ1) is 13.6. The molecule has 1 atom stereocenters. The molecule has 2 aromatic heterocycles. The molecule has 6 nitrogen and oxygen atoms in total. The summed E-state index contributed by atoms with van der Waals surface area (Å²) in [5.74, 6) is -0.785.